The topological polar surface area (TPSA) is 57.2 Å². The normalized spacial score (nSPS) is 14.3. The van der Waals surface area contributed by atoms with Gasteiger partial charge in [-0.25, -0.2) is 14.4 Å². The number of piperazine rings is 1. The van der Waals surface area contributed by atoms with Crippen molar-refractivity contribution < 1.29 is 4.39 Å². The Morgan fingerprint density at radius 2 is 1.67 bits per heavy atom. The molecule has 1 fully saturated rings. The van der Waals surface area contributed by atoms with Gasteiger partial charge in [0.2, 0.25) is 5.95 Å². The quantitative estimate of drug-likeness (QED) is 0.739. The van der Waals surface area contributed by atoms with Crippen LogP contribution in [0, 0.1) is 5.82 Å². The van der Waals surface area contributed by atoms with Crippen LogP contribution in [0.5, 0.6) is 0 Å². The van der Waals surface area contributed by atoms with Crippen molar-refractivity contribution in [1.29, 1.82) is 0 Å². The molecule has 6 nitrogen and oxygen atoms in total. The van der Waals surface area contributed by atoms with E-state index in [0.29, 0.717) is 11.6 Å². The summed E-state index contributed by atoms with van der Waals surface area (Å²) in [6.07, 6.45) is 3.52. The monoisotopic (exact) mass is 384 g/mol. The average molecular weight is 385 g/mol. The van der Waals surface area contributed by atoms with Crippen molar-refractivity contribution in [3.8, 4) is 0 Å². The molecule has 0 bridgehead atoms. The Kier molecular flexibility index (Phi) is 5.02. The van der Waals surface area contributed by atoms with E-state index < -0.39 is 5.82 Å². The van der Waals surface area contributed by atoms with E-state index in [1.165, 1.54) is 12.1 Å². The standard InChI is InChI=1S/C19H18ClFN6/c20-15-13-14(4-5-16(15)21)24-19-23-8-6-18(25-19)27-11-9-26(10-12-27)17-3-1-2-7-22-17/h1-8,13H,9-12H2,(H,23,24,25). The van der Waals surface area contributed by atoms with Crippen LogP contribution < -0.4 is 15.1 Å². The van der Waals surface area contributed by atoms with Gasteiger partial charge in [-0.3, -0.25) is 0 Å². The van der Waals surface area contributed by atoms with Gasteiger partial charge in [0.1, 0.15) is 17.5 Å². The predicted molar refractivity (Wildman–Crippen MR) is 105 cm³/mol. The highest BCUT2D eigenvalue weighted by Crippen LogP contribution is 2.23. The van der Waals surface area contributed by atoms with Gasteiger partial charge in [0.25, 0.3) is 0 Å². The Morgan fingerprint density at radius 3 is 2.37 bits per heavy atom. The Labute approximate surface area is 161 Å². The summed E-state index contributed by atoms with van der Waals surface area (Å²) in [5.74, 6) is 1.83. The highest BCUT2D eigenvalue weighted by atomic mass is 35.5. The predicted octanol–water partition coefficient (Wildman–Crippen LogP) is 3.73. The molecule has 0 atom stereocenters. The first kappa shape index (κ1) is 17.5. The number of anilines is 4. The molecule has 0 saturated carbocycles. The average Bonchev–Trinajstić information content (AvgIpc) is 2.72. The van der Waals surface area contributed by atoms with Crippen LogP contribution in [0.15, 0.2) is 54.9 Å². The van der Waals surface area contributed by atoms with E-state index in [9.17, 15) is 4.39 Å². The van der Waals surface area contributed by atoms with E-state index >= 15 is 0 Å². The Hall–Kier alpha value is -2.93. The van der Waals surface area contributed by atoms with Gasteiger partial charge in [0, 0.05) is 44.3 Å². The maximum Gasteiger partial charge on any atom is 0.229 e. The summed E-state index contributed by atoms with van der Waals surface area (Å²) in [5.41, 5.74) is 0.638. The fourth-order valence-electron chi connectivity index (χ4n) is 2.99. The minimum atomic E-state index is -0.456. The minimum absolute atomic E-state index is 0.0572. The lowest BCUT2D eigenvalue weighted by atomic mass is 10.3. The van der Waals surface area contributed by atoms with E-state index in [1.807, 2.05) is 30.5 Å². The van der Waals surface area contributed by atoms with Crippen LogP contribution in [0.4, 0.5) is 27.7 Å². The molecule has 1 aliphatic rings. The third-order valence-electron chi connectivity index (χ3n) is 4.39. The Balaban J connectivity index is 1.43. The molecule has 0 unspecified atom stereocenters. The molecule has 0 radical (unpaired) electrons. The van der Waals surface area contributed by atoms with Crippen LogP contribution in [0.1, 0.15) is 0 Å². The van der Waals surface area contributed by atoms with E-state index in [0.717, 1.165) is 37.8 Å². The summed E-state index contributed by atoms with van der Waals surface area (Å²) in [6.45, 7) is 3.43. The molecular formula is C19H18ClFN6. The summed E-state index contributed by atoms with van der Waals surface area (Å²) in [5, 5.41) is 3.12. The number of aromatic nitrogens is 3. The summed E-state index contributed by atoms with van der Waals surface area (Å²) in [7, 11) is 0. The maximum atomic E-state index is 13.3. The number of halogens is 2. The second-order valence-corrected chi connectivity index (χ2v) is 6.56. The third-order valence-corrected chi connectivity index (χ3v) is 4.68. The molecule has 0 spiro atoms. The van der Waals surface area contributed by atoms with Crippen LogP contribution in [0.25, 0.3) is 0 Å². The highest BCUT2D eigenvalue weighted by molar-refractivity contribution is 6.31. The first-order chi connectivity index (χ1) is 13.2. The zero-order valence-electron chi connectivity index (χ0n) is 14.5. The van der Waals surface area contributed by atoms with Crippen molar-refractivity contribution in [3.63, 3.8) is 0 Å². The molecule has 138 valence electrons. The fraction of sp³-hybridized carbons (Fsp3) is 0.211. The smallest absolute Gasteiger partial charge is 0.229 e. The van der Waals surface area contributed by atoms with E-state index in [2.05, 4.69) is 30.1 Å². The van der Waals surface area contributed by atoms with Crippen molar-refractivity contribution in [2.75, 3.05) is 41.3 Å². The number of pyridine rings is 1. The number of nitrogens with one attached hydrogen (secondary N) is 1. The van der Waals surface area contributed by atoms with Crippen molar-refractivity contribution in [2.45, 2.75) is 0 Å². The lowest BCUT2D eigenvalue weighted by Crippen LogP contribution is -2.47. The number of hydrogen-bond donors (Lipinski definition) is 1. The minimum Gasteiger partial charge on any atom is -0.353 e. The molecule has 1 aliphatic heterocycles. The lowest BCUT2D eigenvalue weighted by molar-refractivity contribution is 0.628. The highest BCUT2D eigenvalue weighted by Gasteiger charge is 2.19. The van der Waals surface area contributed by atoms with Gasteiger partial charge in [-0.15, -0.1) is 0 Å². The molecule has 0 amide bonds. The van der Waals surface area contributed by atoms with Crippen molar-refractivity contribution in [3.05, 3.63) is 65.7 Å². The van der Waals surface area contributed by atoms with Crippen LogP contribution in [-0.2, 0) is 0 Å². The van der Waals surface area contributed by atoms with Crippen molar-refractivity contribution >= 4 is 34.9 Å². The van der Waals surface area contributed by atoms with E-state index in [-0.39, 0.29) is 5.02 Å². The van der Waals surface area contributed by atoms with Crippen LogP contribution in [0.2, 0.25) is 5.02 Å². The van der Waals surface area contributed by atoms with Gasteiger partial charge in [-0.05, 0) is 36.4 Å². The molecular weight excluding hydrogens is 367 g/mol. The van der Waals surface area contributed by atoms with Gasteiger partial charge < -0.3 is 15.1 Å². The zero-order chi connectivity index (χ0) is 18.6. The molecule has 3 aromatic rings. The van der Waals surface area contributed by atoms with E-state index in [1.54, 1.807) is 12.3 Å². The largest absolute Gasteiger partial charge is 0.353 e. The first-order valence-electron chi connectivity index (χ1n) is 8.65. The molecule has 8 heteroatoms. The van der Waals surface area contributed by atoms with Gasteiger partial charge in [-0.2, -0.15) is 4.98 Å². The van der Waals surface area contributed by atoms with Crippen molar-refractivity contribution in [2.24, 2.45) is 0 Å². The number of hydrogen-bond acceptors (Lipinski definition) is 6. The van der Waals surface area contributed by atoms with E-state index in [4.69, 9.17) is 11.6 Å². The summed E-state index contributed by atoms with van der Waals surface area (Å²) < 4.78 is 13.3. The van der Waals surface area contributed by atoms with Gasteiger partial charge in [-0.1, -0.05) is 17.7 Å². The van der Waals surface area contributed by atoms with Crippen molar-refractivity contribution in [1.82, 2.24) is 15.0 Å². The van der Waals surface area contributed by atoms with Crippen LogP contribution >= 0.6 is 11.6 Å². The molecule has 27 heavy (non-hydrogen) atoms. The molecule has 4 rings (SSSR count). The summed E-state index contributed by atoms with van der Waals surface area (Å²) in [6, 6.07) is 12.3. The number of benzene rings is 1. The second kappa shape index (κ2) is 7.75. The van der Waals surface area contributed by atoms with Crippen LogP contribution in [0.3, 0.4) is 0 Å². The molecule has 1 saturated heterocycles. The third kappa shape index (κ3) is 4.09. The second-order valence-electron chi connectivity index (χ2n) is 6.15. The SMILES string of the molecule is Fc1ccc(Nc2nccc(N3CCN(c4ccccn4)CC3)n2)cc1Cl. The fourth-order valence-corrected chi connectivity index (χ4v) is 3.17. The molecule has 0 aliphatic carbocycles. The molecule has 2 aromatic heterocycles. The molecule has 1 aromatic carbocycles. The van der Waals surface area contributed by atoms with Gasteiger partial charge in [0.05, 0.1) is 5.02 Å². The molecule has 3 heterocycles. The Bertz CT molecular complexity index is 915. The maximum absolute atomic E-state index is 13.3. The summed E-state index contributed by atoms with van der Waals surface area (Å²) >= 11 is 5.82. The zero-order valence-corrected chi connectivity index (χ0v) is 15.3. The molecule has 1 N–H and O–H groups in total. The van der Waals surface area contributed by atoms with Crippen LogP contribution in [-0.4, -0.2) is 41.1 Å². The summed E-state index contributed by atoms with van der Waals surface area (Å²) in [4.78, 5) is 17.7. The number of rotatable bonds is 4. The lowest BCUT2D eigenvalue weighted by Gasteiger charge is -2.36. The number of nitrogens with zero attached hydrogens (tertiary/aromatic N) is 5. The first-order valence-corrected chi connectivity index (χ1v) is 9.03. The van der Waals surface area contributed by atoms with Gasteiger partial charge >= 0.3 is 0 Å². The Morgan fingerprint density at radius 1 is 0.889 bits per heavy atom. The van der Waals surface area contributed by atoms with Gasteiger partial charge in [0.15, 0.2) is 0 Å².